The van der Waals surface area contributed by atoms with Crippen molar-refractivity contribution in [2.45, 2.75) is 0 Å². The Balaban J connectivity index is 2.24. The number of nitrogens with zero attached hydrogens (tertiary/aromatic N) is 1. The van der Waals surface area contributed by atoms with Crippen molar-refractivity contribution in [3.63, 3.8) is 0 Å². The van der Waals surface area contributed by atoms with Crippen LogP contribution >= 0.6 is 0 Å². The van der Waals surface area contributed by atoms with E-state index in [1.807, 2.05) is 0 Å². The second-order valence-electron chi connectivity index (χ2n) is 3.77. The number of carbonyl (C=O) groups is 1. The molecular weight excluding hydrogens is 226 g/mol. The predicted molar refractivity (Wildman–Crippen MR) is 59.8 cm³/mol. The van der Waals surface area contributed by atoms with E-state index in [9.17, 15) is 20.0 Å². The van der Waals surface area contributed by atoms with Crippen molar-refractivity contribution in [2.24, 2.45) is 5.92 Å². The average Bonchev–Trinajstić information content (AvgIpc) is 2.17. The fourth-order valence-corrected chi connectivity index (χ4v) is 1.51. The Bertz CT molecular complexity index is 471. The van der Waals surface area contributed by atoms with Crippen LogP contribution in [0.3, 0.4) is 0 Å². The number of benzene rings is 1. The number of phenolic OH excluding ortho intramolecular Hbond substituents is 1. The van der Waals surface area contributed by atoms with Gasteiger partial charge in [0.05, 0.1) is 10.8 Å². The Kier molecular flexibility index (Phi) is 2.92. The van der Waals surface area contributed by atoms with Gasteiger partial charge in [0.1, 0.15) is 5.75 Å². The van der Waals surface area contributed by atoms with E-state index in [1.54, 1.807) is 0 Å². The minimum atomic E-state index is -0.644. The van der Waals surface area contributed by atoms with Crippen molar-refractivity contribution in [1.82, 2.24) is 5.32 Å². The molecule has 1 amide bonds. The zero-order valence-corrected chi connectivity index (χ0v) is 8.84. The van der Waals surface area contributed by atoms with Gasteiger partial charge >= 0.3 is 0 Å². The van der Waals surface area contributed by atoms with Crippen molar-refractivity contribution in [1.29, 1.82) is 0 Å². The molecule has 0 unspecified atom stereocenters. The SMILES string of the molecule is O=C(Nc1c(O)cccc1[N+](=O)[O-])C1CNC1. The normalized spacial score (nSPS) is 15.1. The molecular formula is C10H11N3O4. The second-order valence-corrected chi connectivity index (χ2v) is 3.77. The van der Waals surface area contributed by atoms with Crippen LogP contribution in [0.1, 0.15) is 0 Å². The molecule has 0 bridgehead atoms. The molecule has 7 nitrogen and oxygen atoms in total. The van der Waals surface area contributed by atoms with Gasteiger partial charge < -0.3 is 15.7 Å². The first kappa shape index (κ1) is 11.3. The third-order valence-electron chi connectivity index (χ3n) is 2.62. The van der Waals surface area contributed by atoms with E-state index < -0.39 is 4.92 Å². The quantitative estimate of drug-likeness (QED) is 0.402. The third-order valence-corrected chi connectivity index (χ3v) is 2.62. The summed E-state index contributed by atoms with van der Waals surface area (Å²) in [6, 6.07) is 3.88. The number of rotatable bonds is 3. The first-order chi connectivity index (χ1) is 8.09. The fraction of sp³-hybridized carbons (Fsp3) is 0.300. The summed E-state index contributed by atoms with van der Waals surface area (Å²) in [6.45, 7) is 1.10. The van der Waals surface area contributed by atoms with E-state index >= 15 is 0 Å². The number of nitro benzene ring substituents is 1. The van der Waals surface area contributed by atoms with Crippen molar-refractivity contribution in [3.05, 3.63) is 28.3 Å². The van der Waals surface area contributed by atoms with Gasteiger partial charge in [0.25, 0.3) is 5.69 Å². The first-order valence-corrected chi connectivity index (χ1v) is 5.07. The molecule has 0 aromatic heterocycles. The summed E-state index contributed by atoms with van der Waals surface area (Å²) in [4.78, 5) is 21.7. The highest BCUT2D eigenvalue weighted by molar-refractivity contribution is 5.97. The van der Waals surface area contributed by atoms with E-state index in [1.165, 1.54) is 18.2 Å². The maximum absolute atomic E-state index is 11.6. The lowest BCUT2D eigenvalue weighted by Gasteiger charge is -2.25. The van der Waals surface area contributed by atoms with Crippen molar-refractivity contribution >= 4 is 17.3 Å². The summed E-state index contributed by atoms with van der Waals surface area (Å²) >= 11 is 0. The van der Waals surface area contributed by atoms with Crippen LogP contribution in [-0.4, -0.2) is 29.0 Å². The Morgan fingerprint density at radius 1 is 1.53 bits per heavy atom. The molecule has 90 valence electrons. The predicted octanol–water partition coefficient (Wildman–Crippen LogP) is 0.458. The van der Waals surface area contributed by atoms with Crippen LogP contribution in [0.15, 0.2) is 18.2 Å². The number of hydrogen-bond donors (Lipinski definition) is 3. The van der Waals surface area contributed by atoms with Crippen molar-refractivity contribution < 1.29 is 14.8 Å². The second kappa shape index (κ2) is 4.38. The number of anilines is 1. The number of nitro groups is 1. The van der Waals surface area contributed by atoms with Crippen LogP contribution in [0.4, 0.5) is 11.4 Å². The molecule has 2 rings (SSSR count). The summed E-state index contributed by atoms with van der Waals surface area (Å²) in [6.07, 6.45) is 0. The van der Waals surface area contributed by atoms with Gasteiger partial charge in [0.2, 0.25) is 5.91 Å². The number of nitrogens with one attached hydrogen (secondary N) is 2. The molecule has 0 saturated carbocycles. The highest BCUT2D eigenvalue weighted by Crippen LogP contribution is 2.33. The molecule has 0 spiro atoms. The highest BCUT2D eigenvalue weighted by Gasteiger charge is 2.28. The van der Waals surface area contributed by atoms with Gasteiger partial charge in [0, 0.05) is 19.2 Å². The van der Waals surface area contributed by atoms with Gasteiger partial charge in [0.15, 0.2) is 5.69 Å². The lowest BCUT2D eigenvalue weighted by atomic mass is 10.0. The zero-order valence-electron chi connectivity index (χ0n) is 8.84. The van der Waals surface area contributed by atoms with E-state index in [4.69, 9.17) is 0 Å². The van der Waals surface area contributed by atoms with Gasteiger partial charge in [-0.15, -0.1) is 0 Å². The molecule has 0 atom stereocenters. The maximum atomic E-state index is 11.6. The van der Waals surface area contributed by atoms with Crippen LogP contribution in [0, 0.1) is 16.0 Å². The number of aromatic hydroxyl groups is 1. The fourth-order valence-electron chi connectivity index (χ4n) is 1.51. The lowest BCUT2D eigenvalue weighted by molar-refractivity contribution is -0.384. The molecule has 3 N–H and O–H groups in total. The van der Waals surface area contributed by atoms with Gasteiger partial charge in [-0.2, -0.15) is 0 Å². The summed E-state index contributed by atoms with van der Waals surface area (Å²) in [7, 11) is 0. The maximum Gasteiger partial charge on any atom is 0.296 e. The number of phenols is 1. The summed E-state index contributed by atoms with van der Waals surface area (Å²) in [5.41, 5.74) is -0.458. The molecule has 1 aromatic rings. The third kappa shape index (κ3) is 2.18. The molecule has 1 aromatic carbocycles. The molecule has 7 heteroatoms. The lowest BCUT2D eigenvalue weighted by Crippen LogP contribution is -2.48. The molecule has 1 heterocycles. The molecule has 1 fully saturated rings. The van der Waals surface area contributed by atoms with E-state index in [2.05, 4.69) is 10.6 Å². The van der Waals surface area contributed by atoms with Crippen LogP contribution in [0.25, 0.3) is 0 Å². The smallest absolute Gasteiger partial charge is 0.296 e. The van der Waals surface area contributed by atoms with Gasteiger partial charge in [-0.25, -0.2) is 0 Å². The number of carbonyl (C=O) groups excluding carboxylic acids is 1. The average molecular weight is 237 g/mol. The van der Waals surface area contributed by atoms with Gasteiger partial charge in [-0.05, 0) is 6.07 Å². The largest absolute Gasteiger partial charge is 0.505 e. The van der Waals surface area contributed by atoms with Crippen LogP contribution in [0.5, 0.6) is 5.75 Å². The Morgan fingerprint density at radius 3 is 2.76 bits per heavy atom. The number of hydrogen-bond acceptors (Lipinski definition) is 5. The number of amides is 1. The summed E-state index contributed by atoms with van der Waals surface area (Å²) in [5, 5.41) is 25.6. The molecule has 0 radical (unpaired) electrons. The minimum absolute atomic E-state index is 0.144. The summed E-state index contributed by atoms with van der Waals surface area (Å²) in [5.74, 6) is -0.831. The van der Waals surface area contributed by atoms with Gasteiger partial charge in [-0.1, -0.05) is 6.07 Å². The zero-order chi connectivity index (χ0) is 12.4. The first-order valence-electron chi connectivity index (χ1n) is 5.07. The summed E-state index contributed by atoms with van der Waals surface area (Å²) < 4.78 is 0. The molecule has 17 heavy (non-hydrogen) atoms. The topological polar surface area (TPSA) is 104 Å². The molecule has 1 aliphatic rings. The standard InChI is InChI=1S/C10H11N3O4/c14-8-3-1-2-7(13(16)17)9(8)12-10(15)6-4-11-5-6/h1-3,6,11,14H,4-5H2,(H,12,15). The van der Waals surface area contributed by atoms with Crippen LogP contribution < -0.4 is 10.6 Å². The molecule has 1 aliphatic heterocycles. The van der Waals surface area contributed by atoms with Crippen molar-refractivity contribution in [3.8, 4) is 5.75 Å². The molecule has 0 aliphatic carbocycles. The van der Waals surface area contributed by atoms with E-state index in [-0.39, 0.29) is 28.9 Å². The Morgan fingerprint density at radius 2 is 2.24 bits per heavy atom. The van der Waals surface area contributed by atoms with E-state index in [0.717, 1.165) is 0 Å². The van der Waals surface area contributed by atoms with Crippen LogP contribution in [-0.2, 0) is 4.79 Å². The monoisotopic (exact) mass is 237 g/mol. The van der Waals surface area contributed by atoms with Gasteiger partial charge in [-0.3, -0.25) is 14.9 Å². The van der Waals surface area contributed by atoms with Crippen LogP contribution in [0.2, 0.25) is 0 Å². The van der Waals surface area contributed by atoms with Crippen molar-refractivity contribution in [2.75, 3.05) is 18.4 Å². The Hall–Kier alpha value is -2.15. The minimum Gasteiger partial charge on any atom is -0.505 e. The Labute approximate surface area is 96.6 Å². The highest BCUT2D eigenvalue weighted by atomic mass is 16.6. The number of para-hydroxylation sites is 1. The molecule has 1 saturated heterocycles. The van der Waals surface area contributed by atoms with E-state index in [0.29, 0.717) is 13.1 Å².